The largest absolute Gasteiger partial charge is 0.497 e. The quantitative estimate of drug-likeness (QED) is 0.661. The number of rotatable bonds is 4. The van der Waals surface area contributed by atoms with Gasteiger partial charge >= 0.3 is 6.03 Å². The van der Waals surface area contributed by atoms with Crippen LogP contribution >= 0.6 is 0 Å². The molecule has 3 aliphatic rings. The maximum atomic E-state index is 13.2. The molecule has 0 saturated carbocycles. The molecule has 1 aliphatic carbocycles. The van der Waals surface area contributed by atoms with Gasteiger partial charge in [-0.25, -0.2) is 4.79 Å². The van der Waals surface area contributed by atoms with E-state index in [0.717, 1.165) is 54.7 Å². The lowest BCUT2D eigenvalue weighted by Crippen LogP contribution is -2.46. The van der Waals surface area contributed by atoms with Crippen LogP contribution in [-0.2, 0) is 4.79 Å². The lowest BCUT2D eigenvalue weighted by atomic mass is 9.78. The van der Waals surface area contributed by atoms with Crippen molar-refractivity contribution in [3.8, 4) is 5.75 Å². The van der Waals surface area contributed by atoms with Gasteiger partial charge in [0.25, 0.3) is 0 Å². The highest BCUT2D eigenvalue weighted by Crippen LogP contribution is 2.42. The van der Waals surface area contributed by atoms with Crippen LogP contribution in [0.1, 0.15) is 65.1 Å². The number of carbonyl (C=O) groups is 3. The number of urea groups is 1. The number of hydrogen-bond acceptors (Lipinski definition) is 4. The summed E-state index contributed by atoms with van der Waals surface area (Å²) in [5.41, 5.74) is 4.83. The molecular formula is C29H35N3O4. The number of hydrogen-bond donors (Lipinski definition) is 1. The van der Waals surface area contributed by atoms with E-state index >= 15 is 0 Å². The molecule has 0 aromatic heterocycles. The molecule has 2 fully saturated rings. The van der Waals surface area contributed by atoms with E-state index in [1.807, 2.05) is 47.9 Å². The van der Waals surface area contributed by atoms with Crippen LogP contribution in [-0.4, -0.2) is 60.8 Å². The van der Waals surface area contributed by atoms with Crippen molar-refractivity contribution in [3.63, 3.8) is 0 Å². The number of amides is 3. The minimum atomic E-state index is -0.0811. The van der Waals surface area contributed by atoms with Crippen molar-refractivity contribution in [2.45, 2.75) is 51.9 Å². The number of Topliss-reactive ketones (excluding diaryl/α,β-unsaturated/α-hetero) is 1. The Morgan fingerprint density at radius 2 is 1.75 bits per heavy atom. The van der Waals surface area contributed by atoms with E-state index in [0.29, 0.717) is 31.7 Å². The summed E-state index contributed by atoms with van der Waals surface area (Å²) in [6.07, 6.45) is 3.52. The van der Waals surface area contributed by atoms with Gasteiger partial charge in [-0.15, -0.1) is 0 Å². The van der Waals surface area contributed by atoms with Gasteiger partial charge in [-0.2, -0.15) is 0 Å². The van der Waals surface area contributed by atoms with Crippen LogP contribution in [0.2, 0.25) is 0 Å². The molecule has 2 heterocycles. The molecule has 1 unspecified atom stereocenters. The lowest BCUT2D eigenvalue weighted by Gasteiger charge is -2.39. The van der Waals surface area contributed by atoms with Crippen molar-refractivity contribution >= 4 is 23.4 Å². The zero-order valence-electron chi connectivity index (χ0n) is 21.4. The van der Waals surface area contributed by atoms with Crippen LogP contribution in [0.3, 0.4) is 0 Å². The van der Waals surface area contributed by atoms with Gasteiger partial charge in [0.05, 0.1) is 7.11 Å². The summed E-state index contributed by atoms with van der Waals surface area (Å²) in [6.45, 7) is 6.94. The topological polar surface area (TPSA) is 79.0 Å². The Labute approximate surface area is 212 Å². The summed E-state index contributed by atoms with van der Waals surface area (Å²) in [5.74, 6) is 0.863. The monoisotopic (exact) mass is 489 g/mol. The predicted molar refractivity (Wildman–Crippen MR) is 139 cm³/mol. The second kappa shape index (κ2) is 9.60. The maximum absolute atomic E-state index is 13.2. The molecule has 0 radical (unpaired) electrons. The first-order valence-corrected chi connectivity index (χ1v) is 12.9. The number of methoxy groups -OCH3 is 1. The van der Waals surface area contributed by atoms with E-state index in [1.165, 1.54) is 5.56 Å². The van der Waals surface area contributed by atoms with Crippen LogP contribution in [0, 0.1) is 19.3 Å². The van der Waals surface area contributed by atoms with Gasteiger partial charge in [0.15, 0.2) is 5.78 Å². The number of anilines is 1. The fourth-order valence-electron chi connectivity index (χ4n) is 6.11. The molecule has 36 heavy (non-hydrogen) atoms. The Bertz CT molecular complexity index is 1200. The number of nitrogens with zero attached hydrogens (tertiary/aromatic N) is 2. The van der Waals surface area contributed by atoms with Gasteiger partial charge in [0.2, 0.25) is 5.91 Å². The summed E-state index contributed by atoms with van der Waals surface area (Å²) in [6, 6.07) is 11.5. The van der Waals surface area contributed by atoms with Gasteiger partial charge in [-0.05, 0) is 73.9 Å². The zero-order valence-corrected chi connectivity index (χ0v) is 21.4. The Morgan fingerprint density at radius 1 is 1.03 bits per heavy atom. The van der Waals surface area contributed by atoms with Gasteiger partial charge in [0, 0.05) is 56.2 Å². The molecule has 1 atom stereocenters. The Balaban J connectivity index is 1.16. The average Bonchev–Trinajstić information content (AvgIpc) is 3.42. The van der Waals surface area contributed by atoms with Crippen molar-refractivity contribution < 1.29 is 19.1 Å². The normalized spacial score (nSPS) is 20.5. The fraction of sp³-hybridized carbons (Fsp3) is 0.483. The van der Waals surface area contributed by atoms with Crippen LogP contribution in [0.4, 0.5) is 10.5 Å². The summed E-state index contributed by atoms with van der Waals surface area (Å²) < 4.78 is 5.33. The minimum Gasteiger partial charge on any atom is -0.497 e. The average molecular weight is 490 g/mol. The third-order valence-corrected chi connectivity index (χ3v) is 8.38. The molecular weight excluding hydrogens is 454 g/mol. The van der Waals surface area contributed by atoms with E-state index in [-0.39, 0.29) is 29.1 Å². The van der Waals surface area contributed by atoms with Crippen molar-refractivity contribution in [3.05, 3.63) is 58.7 Å². The van der Waals surface area contributed by atoms with Crippen molar-refractivity contribution in [1.29, 1.82) is 0 Å². The highest BCUT2D eigenvalue weighted by Gasteiger charge is 2.43. The molecule has 2 aromatic rings. The second-order valence-corrected chi connectivity index (χ2v) is 10.8. The third-order valence-electron chi connectivity index (χ3n) is 8.38. The molecule has 190 valence electrons. The molecule has 7 heteroatoms. The third kappa shape index (κ3) is 4.71. The molecule has 3 amide bonds. The number of benzene rings is 2. The van der Waals surface area contributed by atoms with Crippen LogP contribution < -0.4 is 10.1 Å². The first-order valence-electron chi connectivity index (χ1n) is 12.9. The molecule has 5 rings (SSSR count). The van der Waals surface area contributed by atoms with E-state index in [9.17, 15) is 14.4 Å². The van der Waals surface area contributed by atoms with Gasteiger partial charge in [-0.1, -0.05) is 17.7 Å². The van der Waals surface area contributed by atoms with Crippen LogP contribution in [0.5, 0.6) is 5.75 Å². The summed E-state index contributed by atoms with van der Waals surface area (Å²) >= 11 is 0. The number of nitrogens with one attached hydrogen (secondary N) is 1. The number of ether oxygens (including phenoxy) is 1. The van der Waals surface area contributed by atoms with Crippen LogP contribution in [0.25, 0.3) is 0 Å². The predicted octanol–water partition coefficient (Wildman–Crippen LogP) is 4.92. The van der Waals surface area contributed by atoms with Gasteiger partial charge in [0.1, 0.15) is 5.75 Å². The first-order chi connectivity index (χ1) is 17.3. The number of aryl methyl sites for hydroxylation is 2. The Morgan fingerprint density at radius 3 is 2.44 bits per heavy atom. The number of carbonyl (C=O) groups excluding carboxylic acids is 3. The molecule has 2 aliphatic heterocycles. The number of piperidine rings is 1. The summed E-state index contributed by atoms with van der Waals surface area (Å²) in [7, 11) is 1.61. The molecule has 1 N–H and O–H groups in total. The SMILES string of the molecule is COc1ccc2c(c1)C(CC(=O)N1CCC3(CCN(C(=O)Nc4ccc(C)cc4C)CC3)C1)CC2=O. The number of ketones is 1. The fourth-order valence-corrected chi connectivity index (χ4v) is 6.11. The first kappa shape index (κ1) is 24.3. The highest BCUT2D eigenvalue weighted by molar-refractivity contribution is 6.02. The van der Waals surface area contributed by atoms with E-state index < -0.39 is 0 Å². The molecule has 2 saturated heterocycles. The summed E-state index contributed by atoms with van der Waals surface area (Å²) in [4.78, 5) is 42.4. The van der Waals surface area contributed by atoms with E-state index in [1.54, 1.807) is 13.2 Å². The molecule has 2 aromatic carbocycles. The zero-order chi connectivity index (χ0) is 25.4. The second-order valence-electron chi connectivity index (χ2n) is 10.8. The van der Waals surface area contributed by atoms with Crippen LogP contribution in [0.15, 0.2) is 36.4 Å². The van der Waals surface area contributed by atoms with E-state index in [4.69, 9.17) is 4.74 Å². The number of fused-ring (bicyclic) bond motifs is 1. The lowest BCUT2D eigenvalue weighted by molar-refractivity contribution is -0.131. The molecule has 0 bridgehead atoms. The van der Waals surface area contributed by atoms with Crippen molar-refractivity contribution in [2.75, 3.05) is 38.6 Å². The molecule has 1 spiro atoms. The smallest absolute Gasteiger partial charge is 0.321 e. The van der Waals surface area contributed by atoms with Gasteiger partial charge in [-0.3, -0.25) is 9.59 Å². The molecule has 7 nitrogen and oxygen atoms in total. The van der Waals surface area contributed by atoms with E-state index in [2.05, 4.69) is 11.4 Å². The minimum absolute atomic E-state index is 0.0530. The van der Waals surface area contributed by atoms with Crippen molar-refractivity contribution in [2.24, 2.45) is 5.41 Å². The van der Waals surface area contributed by atoms with Crippen molar-refractivity contribution in [1.82, 2.24) is 9.80 Å². The van der Waals surface area contributed by atoms with Gasteiger partial charge < -0.3 is 19.9 Å². The highest BCUT2D eigenvalue weighted by atomic mass is 16.5. The number of likely N-dealkylation sites (tertiary alicyclic amines) is 2. The Kier molecular flexibility index (Phi) is 6.49. The standard InChI is InChI=1S/C29H35N3O4/c1-19-4-7-25(20(2)14-19)30-28(35)31-11-8-29(9-12-31)10-13-32(18-29)27(34)16-21-15-26(33)23-6-5-22(36-3)17-24(21)23/h4-7,14,17,21H,8-13,15-16,18H2,1-3H3,(H,30,35). The Hall–Kier alpha value is -3.35. The summed E-state index contributed by atoms with van der Waals surface area (Å²) in [5, 5.41) is 3.06. The maximum Gasteiger partial charge on any atom is 0.321 e.